The summed E-state index contributed by atoms with van der Waals surface area (Å²) in [7, 11) is 0. The topological polar surface area (TPSA) is 19.4 Å². The number of rotatable bonds is 4. The van der Waals surface area contributed by atoms with Crippen molar-refractivity contribution >= 4 is 5.82 Å². The predicted molar refractivity (Wildman–Crippen MR) is 108 cm³/mol. The van der Waals surface area contributed by atoms with Crippen LogP contribution in [0.4, 0.5) is 5.82 Å². The lowest BCUT2D eigenvalue weighted by molar-refractivity contribution is 0.140. The van der Waals surface area contributed by atoms with Crippen molar-refractivity contribution in [1.29, 1.82) is 0 Å². The number of pyridine rings is 1. The summed E-state index contributed by atoms with van der Waals surface area (Å²) in [5, 5.41) is 0. The van der Waals surface area contributed by atoms with Crippen LogP contribution in [-0.4, -0.2) is 29.5 Å². The van der Waals surface area contributed by atoms with Gasteiger partial charge in [-0.2, -0.15) is 0 Å². The Kier molecular flexibility index (Phi) is 5.54. The highest BCUT2D eigenvalue weighted by atomic mass is 15.2. The zero-order chi connectivity index (χ0) is 17.8. The molecule has 3 heterocycles. The molecule has 1 atom stereocenters. The lowest BCUT2D eigenvalue weighted by atomic mass is 9.94. The molecule has 3 nitrogen and oxygen atoms in total. The minimum atomic E-state index is 0.505. The van der Waals surface area contributed by atoms with Gasteiger partial charge in [0, 0.05) is 31.9 Å². The van der Waals surface area contributed by atoms with Crippen LogP contribution >= 0.6 is 0 Å². The van der Waals surface area contributed by atoms with E-state index in [4.69, 9.17) is 4.98 Å². The first-order chi connectivity index (χ1) is 12.8. The summed E-state index contributed by atoms with van der Waals surface area (Å²) >= 11 is 0. The average Bonchev–Trinajstić information content (AvgIpc) is 2.70. The van der Waals surface area contributed by atoms with Gasteiger partial charge in [-0.25, -0.2) is 4.98 Å². The fraction of sp³-hybridized carbons (Fsp3) is 0.522. The summed E-state index contributed by atoms with van der Waals surface area (Å²) in [4.78, 5) is 10.0. The molecule has 1 aromatic heterocycles. The molecule has 26 heavy (non-hydrogen) atoms. The van der Waals surface area contributed by atoms with Crippen molar-refractivity contribution in [2.75, 3.05) is 24.5 Å². The molecule has 2 aliphatic heterocycles. The van der Waals surface area contributed by atoms with Gasteiger partial charge in [-0.15, -0.1) is 0 Å². The van der Waals surface area contributed by atoms with E-state index in [0.29, 0.717) is 6.04 Å². The number of anilines is 1. The molecule has 138 valence electrons. The molecule has 0 amide bonds. The van der Waals surface area contributed by atoms with Gasteiger partial charge >= 0.3 is 0 Å². The molecule has 4 rings (SSSR count). The first-order valence-corrected chi connectivity index (χ1v) is 10.3. The fourth-order valence-electron chi connectivity index (χ4n) is 4.58. The van der Waals surface area contributed by atoms with Crippen LogP contribution in [0.25, 0.3) is 0 Å². The van der Waals surface area contributed by atoms with Crippen molar-refractivity contribution in [1.82, 2.24) is 9.88 Å². The van der Waals surface area contributed by atoms with E-state index in [1.165, 1.54) is 67.6 Å². The number of aryl methyl sites for hydroxylation is 1. The molecule has 0 saturated carbocycles. The zero-order valence-electron chi connectivity index (χ0n) is 16.0. The van der Waals surface area contributed by atoms with Crippen molar-refractivity contribution in [3.63, 3.8) is 0 Å². The Morgan fingerprint density at radius 1 is 0.962 bits per heavy atom. The van der Waals surface area contributed by atoms with Gasteiger partial charge < -0.3 is 4.90 Å². The van der Waals surface area contributed by atoms with Crippen LogP contribution in [0.5, 0.6) is 0 Å². The van der Waals surface area contributed by atoms with Gasteiger partial charge in [-0.3, -0.25) is 4.90 Å². The van der Waals surface area contributed by atoms with Crippen molar-refractivity contribution in [3.8, 4) is 0 Å². The van der Waals surface area contributed by atoms with E-state index in [0.717, 1.165) is 19.6 Å². The van der Waals surface area contributed by atoms with Crippen molar-refractivity contribution in [2.24, 2.45) is 0 Å². The number of hydrogen-bond donors (Lipinski definition) is 0. The number of hydrogen-bond acceptors (Lipinski definition) is 3. The summed E-state index contributed by atoms with van der Waals surface area (Å²) < 4.78 is 0. The first-order valence-electron chi connectivity index (χ1n) is 10.3. The fourth-order valence-corrected chi connectivity index (χ4v) is 4.58. The standard InChI is InChI=1S/C23H31N3/c1-19-16-21(17-24-23(19)25-13-7-3-8-14-25)22-12-6-9-15-26(22)18-20-10-4-2-5-11-20/h2,4-5,10-11,16-17,22H,3,6-9,12-15,18H2,1H3/t22-/m0/s1. The van der Waals surface area contributed by atoms with Crippen molar-refractivity contribution < 1.29 is 0 Å². The number of piperidine rings is 2. The molecule has 2 aliphatic rings. The third kappa shape index (κ3) is 3.93. The maximum absolute atomic E-state index is 4.92. The number of likely N-dealkylation sites (tertiary alicyclic amines) is 1. The Morgan fingerprint density at radius 3 is 2.50 bits per heavy atom. The molecule has 2 fully saturated rings. The predicted octanol–water partition coefficient (Wildman–Crippen LogP) is 5.11. The van der Waals surface area contributed by atoms with Gasteiger partial charge in [0.25, 0.3) is 0 Å². The molecule has 0 aliphatic carbocycles. The van der Waals surface area contributed by atoms with E-state index in [1.807, 2.05) is 0 Å². The Hall–Kier alpha value is -1.87. The van der Waals surface area contributed by atoms with E-state index >= 15 is 0 Å². The highest BCUT2D eigenvalue weighted by molar-refractivity contribution is 5.48. The molecule has 0 N–H and O–H groups in total. The van der Waals surface area contributed by atoms with Gasteiger partial charge in [0.05, 0.1) is 0 Å². The summed E-state index contributed by atoms with van der Waals surface area (Å²) in [6.45, 7) is 6.79. The van der Waals surface area contributed by atoms with Crippen molar-refractivity contribution in [3.05, 3.63) is 59.3 Å². The summed E-state index contributed by atoms with van der Waals surface area (Å²) in [6.07, 6.45) is 10.0. The van der Waals surface area contributed by atoms with E-state index < -0.39 is 0 Å². The molecular formula is C23H31N3. The summed E-state index contributed by atoms with van der Waals surface area (Å²) in [6, 6.07) is 13.8. The second-order valence-electron chi connectivity index (χ2n) is 7.92. The maximum atomic E-state index is 4.92. The smallest absolute Gasteiger partial charge is 0.131 e. The Morgan fingerprint density at radius 2 is 1.73 bits per heavy atom. The molecule has 0 unspecified atom stereocenters. The average molecular weight is 350 g/mol. The van der Waals surface area contributed by atoms with Crippen LogP contribution < -0.4 is 4.90 Å². The quantitative estimate of drug-likeness (QED) is 0.765. The van der Waals surface area contributed by atoms with Crippen LogP contribution in [0.1, 0.15) is 61.3 Å². The third-order valence-corrected chi connectivity index (χ3v) is 5.95. The van der Waals surface area contributed by atoms with Crippen LogP contribution in [0, 0.1) is 6.92 Å². The largest absolute Gasteiger partial charge is 0.356 e. The lowest BCUT2D eigenvalue weighted by Gasteiger charge is -2.36. The van der Waals surface area contributed by atoms with Crippen LogP contribution in [-0.2, 0) is 6.54 Å². The summed E-state index contributed by atoms with van der Waals surface area (Å²) in [5.41, 5.74) is 4.16. The van der Waals surface area contributed by atoms with E-state index in [-0.39, 0.29) is 0 Å². The van der Waals surface area contributed by atoms with Gasteiger partial charge in [0.15, 0.2) is 0 Å². The van der Waals surface area contributed by atoms with Gasteiger partial charge in [-0.05, 0) is 68.3 Å². The Labute approximate surface area is 158 Å². The number of aromatic nitrogens is 1. The molecule has 3 heteroatoms. The maximum Gasteiger partial charge on any atom is 0.131 e. The molecule has 2 aromatic rings. The lowest BCUT2D eigenvalue weighted by Crippen LogP contribution is -2.33. The second-order valence-corrected chi connectivity index (χ2v) is 7.92. The van der Waals surface area contributed by atoms with E-state index in [9.17, 15) is 0 Å². The van der Waals surface area contributed by atoms with Crippen LogP contribution in [0.15, 0.2) is 42.6 Å². The SMILES string of the molecule is Cc1cc([C@@H]2CCCCN2Cc2ccccc2)cnc1N1CCCCC1. The Bertz CT molecular complexity index is 707. The second kappa shape index (κ2) is 8.22. The summed E-state index contributed by atoms with van der Waals surface area (Å²) in [5.74, 6) is 1.21. The Balaban J connectivity index is 1.53. The van der Waals surface area contributed by atoms with Gasteiger partial charge in [0.2, 0.25) is 0 Å². The minimum Gasteiger partial charge on any atom is -0.356 e. The highest BCUT2D eigenvalue weighted by Crippen LogP contribution is 2.33. The molecular weight excluding hydrogens is 318 g/mol. The van der Waals surface area contributed by atoms with Gasteiger partial charge in [0.1, 0.15) is 5.82 Å². The normalized spacial score (nSPS) is 21.7. The molecule has 1 aromatic carbocycles. The molecule has 0 bridgehead atoms. The van der Waals surface area contributed by atoms with Crippen LogP contribution in [0.3, 0.4) is 0 Å². The number of benzene rings is 1. The molecule has 2 saturated heterocycles. The van der Waals surface area contributed by atoms with Crippen LogP contribution in [0.2, 0.25) is 0 Å². The van der Waals surface area contributed by atoms with E-state index in [1.54, 1.807) is 0 Å². The third-order valence-electron chi connectivity index (χ3n) is 5.95. The van der Waals surface area contributed by atoms with Crippen molar-refractivity contribution in [2.45, 2.75) is 58.0 Å². The highest BCUT2D eigenvalue weighted by Gasteiger charge is 2.25. The molecule has 0 radical (unpaired) electrons. The van der Waals surface area contributed by atoms with Gasteiger partial charge in [-0.1, -0.05) is 36.8 Å². The minimum absolute atomic E-state index is 0.505. The first kappa shape index (κ1) is 17.5. The van der Waals surface area contributed by atoms with E-state index in [2.05, 4.69) is 59.3 Å². The monoisotopic (exact) mass is 349 g/mol. The zero-order valence-corrected chi connectivity index (χ0v) is 16.0. The molecule has 0 spiro atoms. The number of nitrogens with zero attached hydrogens (tertiary/aromatic N) is 3.